The van der Waals surface area contributed by atoms with Crippen molar-refractivity contribution in [2.75, 3.05) is 12.0 Å². The van der Waals surface area contributed by atoms with Crippen LogP contribution in [0.15, 0.2) is 72.8 Å². The predicted octanol–water partition coefficient (Wildman–Crippen LogP) is 3.52. The lowest BCUT2D eigenvalue weighted by atomic mass is 9.91. The van der Waals surface area contributed by atoms with Gasteiger partial charge < -0.3 is 9.64 Å². The molecule has 1 unspecified atom stereocenters. The smallest absolute Gasteiger partial charge is 0.261 e. The Labute approximate surface area is 173 Å². The van der Waals surface area contributed by atoms with Crippen LogP contribution in [0.3, 0.4) is 0 Å². The maximum absolute atomic E-state index is 13.4. The van der Waals surface area contributed by atoms with Crippen molar-refractivity contribution in [3.05, 3.63) is 95.1 Å². The number of carbonyl (C=O) groups is 3. The number of ketones is 1. The van der Waals surface area contributed by atoms with Crippen molar-refractivity contribution in [1.82, 2.24) is 4.90 Å². The minimum absolute atomic E-state index is 0.194. The largest absolute Gasteiger partial charge is 0.497 e. The van der Waals surface area contributed by atoms with Gasteiger partial charge >= 0.3 is 0 Å². The van der Waals surface area contributed by atoms with Gasteiger partial charge in [0.15, 0.2) is 6.17 Å². The molecule has 0 radical (unpaired) electrons. The summed E-state index contributed by atoms with van der Waals surface area (Å²) in [5, 5.41) is 0. The summed E-state index contributed by atoms with van der Waals surface area (Å²) in [6, 6.07) is 21.0. The van der Waals surface area contributed by atoms with Crippen molar-refractivity contribution in [2.24, 2.45) is 0 Å². The van der Waals surface area contributed by atoms with E-state index in [0.717, 1.165) is 5.56 Å². The third-order valence-corrected chi connectivity index (χ3v) is 5.58. The average Bonchev–Trinajstić information content (AvgIpc) is 2.79. The normalized spacial score (nSPS) is 17.4. The lowest BCUT2D eigenvalue weighted by Crippen LogP contribution is -2.62. The molecule has 30 heavy (non-hydrogen) atoms. The van der Waals surface area contributed by atoms with Gasteiger partial charge in [-0.25, -0.2) is 0 Å². The molecule has 0 spiro atoms. The van der Waals surface area contributed by atoms with Gasteiger partial charge in [0.25, 0.3) is 11.8 Å². The summed E-state index contributed by atoms with van der Waals surface area (Å²) in [4.78, 5) is 43.1. The Morgan fingerprint density at radius 2 is 1.40 bits per heavy atom. The minimum atomic E-state index is -1.02. The first-order chi connectivity index (χ1) is 14.6. The van der Waals surface area contributed by atoms with Crippen molar-refractivity contribution >= 4 is 23.3 Å². The molecule has 2 amide bonds. The molecular formula is C24H18N2O4. The van der Waals surface area contributed by atoms with Gasteiger partial charge in [-0.1, -0.05) is 42.5 Å². The standard InChI is InChI=1S/C24H18N2O4/c1-30-16-12-10-15(11-13-16)14-25-22-21(27)17-6-2-3-7-18(17)24(29)26(22)20-9-5-4-8-19(20)23(25)28/h2-13,22H,14H2,1H3. The van der Waals surface area contributed by atoms with E-state index in [4.69, 9.17) is 4.74 Å². The van der Waals surface area contributed by atoms with Crippen LogP contribution < -0.4 is 9.64 Å². The fourth-order valence-corrected chi connectivity index (χ4v) is 4.12. The van der Waals surface area contributed by atoms with Crippen LogP contribution in [0, 0.1) is 0 Å². The maximum Gasteiger partial charge on any atom is 0.261 e. The van der Waals surface area contributed by atoms with Crippen LogP contribution in [0.1, 0.15) is 36.6 Å². The van der Waals surface area contributed by atoms with Crippen molar-refractivity contribution in [3.8, 4) is 5.75 Å². The number of Topliss-reactive ketones (excluding diaryl/α,β-unsaturated/α-hetero) is 1. The SMILES string of the molecule is COc1ccc(CN2C(=O)c3ccccc3N3C(=O)c4ccccc4C(=O)C23)cc1. The second kappa shape index (κ2) is 6.84. The summed E-state index contributed by atoms with van der Waals surface area (Å²) in [7, 11) is 1.59. The Kier molecular flexibility index (Phi) is 4.13. The number of anilines is 1. The van der Waals surface area contributed by atoms with E-state index in [2.05, 4.69) is 0 Å². The van der Waals surface area contributed by atoms with Gasteiger partial charge in [0.2, 0.25) is 5.78 Å². The number of benzene rings is 3. The zero-order chi connectivity index (χ0) is 20.8. The first-order valence-corrected chi connectivity index (χ1v) is 9.60. The molecule has 3 aromatic rings. The number of ether oxygens (including phenoxy) is 1. The van der Waals surface area contributed by atoms with Crippen molar-refractivity contribution in [3.63, 3.8) is 0 Å². The van der Waals surface area contributed by atoms with Crippen LogP contribution in [0.2, 0.25) is 0 Å². The van der Waals surface area contributed by atoms with Crippen molar-refractivity contribution in [2.45, 2.75) is 12.7 Å². The third-order valence-electron chi connectivity index (χ3n) is 5.58. The molecular weight excluding hydrogens is 380 g/mol. The molecule has 2 aliphatic heterocycles. The lowest BCUT2D eigenvalue weighted by Gasteiger charge is -2.45. The number of hydrogen-bond acceptors (Lipinski definition) is 4. The summed E-state index contributed by atoms with van der Waals surface area (Å²) in [6.45, 7) is 0.194. The van der Waals surface area contributed by atoms with E-state index in [0.29, 0.717) is 28.1 Å². The highest BCUT2D eigenvalue weighted by molar-refractivity contribution is 6.25. The second-order valence-electron chi connectivity index (χ2n) is 7.26. The Hall–Kier alpha value is -3.93. The number of amides is 2. The second-order valence-corrected chi connectivity index (χ2v) is 7.26. The molecule has 0 aromatic heterocycles. The van der Waals surface area contributed by atoms with E-state index in [1.807, 2.05) is 12.1 Å². The van der Waals surface area contributed by atoms with Crippen LogP contribution in [0.5, 0.6) is 5.75 Å². The predicted molar refractivity (Wildman–Crippen MR) is 111 cm³/mol. The monoisotopic (exact) mass is 398 g/mol. The zero-order valence-electron chi connectivity index (χ0n) is 16.2. The summed E-state index contributed by atoms with van der Waals surface area (Å²) in [6.07, 6.45) is -1.02. The topological polar surface area (TPSA) is 66.9 Å². The van der Waals surface area contributed by atoms with Crippen molar-refractivity contribution in [1.29, 1.82) is 0 Å². The highest BCUT2D eigenvalue weighted by Crippen LogP contribution is 2.37. The summed E-state index contributed by atoms with van der Waals surface area (Å²) < 4.78 is 5.20. The van der Waals surface area contributed by atoms with Gasteiger partial charge in [-0.2, -0.15) is 0 Å². The Morgan fingerprint density at radius 1 is 0.767 bits per heavy atom. The quantitative estimate of drug-likeness (QED) is 0.677. The van der Waals surface area contributed by atoms with Gasteiger partial charge in [0.1, 0.15) is 5.75 Å². The molecule has 3 aromatic carbocycles. The Bertz CT molecular complexity index is 1190. The molecule has 5 rings (SSSR count). The van der Waals surface area contributed by atoms with Crippen molar-refractivity contribution < 1.29 is 19.1 Å². The molecule has 2 aliphatic rings. The maximum atomic E-state index is 13.4. The van der Waals surface area contributed by atoms with E-state index in [1.54, 1.807) is 67.8 Å². The van der Waals surface area contributed by atoms with Crippen LogP contribution in [-0.2, 0) is 6.54 Å². The minimum Gasteiger partial charge on any atom is -0.497 e. The molecule has 0 bridgehead atoms. The first kappa shape index (κ1) is 18.1. The molecule has 6 nitrogen and oxygen atoms in total. The molecule has 1 atom stereocenters. The number of para-hydroxylation sites is 1. The number of rotatable bonds is 3. The van der Waals surface area contributed by atoms with E-state index in [9.17, 15) is 14.4 Å². The lowest BCUT2D eigenvalue weighted by molar-refractivity contribution is 0.0540. The van der Waals surface area contributed by atoms with E-state index < -0.39 is 6.17 Å². The molecule has 0 saturated carbocycles. The fourth-order valence-electron chi connectivity index (χ4n) is 4.12. The van der Waals surface area contributed by atoms with E-state index >= 15 is 0 Å². The van der Waals surface area contributed by atoms with Crippen LogP contribution in [0.25, 0.3) is 0 Å². The number of nitrogens with zero attached hydrogens (tertiary/aromatic N) is 2. The van der Waals surface area contributed by atoms with E-state index in [-0.39, 0.29) is 24.1 Å². The average molecular weight is 398 g/mol. The fraction of sp³-hybridized carbons (Fsp3) is 0.125. The zero-order valence-corrected chi connectivity index (χ0v) is 16.2. The molecule has 6 heteroatoms. The van der Waals surface area contributed by atoms with Gasteiger partial charge in [0.05, 0.1) is 23.9 Å². The highest BCUT2D eigenvalue weighted by atomic mass is 16.5. The Morgan fingerprint density at radius 3 is 2.10 bits per heavy atom. The van der Waals surface area contributed by atoms with Gasteiger partial charge in [-0.15, -0.1) is 0 Å². The molecule has 0 saturated heterocycles. The van der Waals surface area contributed by atoms with Crippen LogP contribution in [-0.4, -0.2) is 35.8 Å². The highest BCUT2D eigenvalue weighted by Gasteiger charge is 2.48. The molecule has 0 fully saturated rings. The molecule has 2 heterocycles. The Balaban J connectivity index is 1.65. The van der Waals surface area contributed by atoms with Crippen LogP contribution in [0.4, 0.5) is 5.69 Å². The first-order valence-electron chi connectivity index (χ1n) is 9.60. The van der Waals surface area contributed by atoms with Gasteiger partial charge in [-0.05, 0) is 35.9 Å². The summed E-state index contributed by atoms with van der Waals surface area (Å²) in [5.41, 5.74) is 2.40. The van der Waals surface area contributed by atoms with Gasteiger partial charge in [-0.3, -0.25) is 19.3 Å². The number of carbonyl (C=O) groups excluding carboxylic acids is 3. The molecule has 148 valence electrons. The van der Waals surface area contributed by atoms with Gasteiger partial charge in [0, 0.05) is 12.1 Å². The number of fused-ring (bicyclic) bond motifs is 4. The number of methoxy groups -OCH3 is 1. The van der Waals surface area contributed by atoms with E-state index in [1.165, 1.54) is 9.80 Å². The number of hydrogen-bond donors (Lipinski definition) is 0. The third kappa shape index (κ3) is 2.61. The summed E-state index contributed by atoms with van der Waals surface area (Å²) in [5.74, 6) is -0.117. The molecule has 0 aliphatic carbocycles. The summed E-state index contributed by atoms with van der Waals surface area (Å²) >= 11 is 0. The van der Waals surface area contributed by atoms with Crippen LogP contribution >= 0.6 is 0 Å². The molecule has 0 N–H and O–H groups in total.